The maximum absolute atomic E-state index is 13.3. The topological polar surface area (TPSA) is 38.3 Å². The predicted molar refractivity (Wildman–Crippen MR) is 110 cm³/mol. The van der Waals surface area contributed by atoms with Crippen LogP contribution in [0.2, 0.25) is 0 Å². The first-order valence-electron chi connectivity index (χ1n) is 7.65. The molecule has 0 aliphatic rings. The second-order valence-corrected chi connectivity index (χ2v) is 8.24. The Morgan fingerprint density at radius 3 is 2.46 bits per heavy atom. The number of hydrogen-bond donors (Lipinski definition) is 1. The van der Waals surface area contributed by atoms with Gasteiger partial charge in [0.15, 0.2) is 0 Å². The van der Waals surface area contributed by atoms with Gasteiger partial charge in [-0.3, -0.25) is 4.79 Å². The molecule has 0 unspecified atom stereocenters. The number of hydrogen-bond acceptors (Lipinski definition) is 3. The summed E-state index contributed by atoms with van der Waals surface area (Å²) in [6, 6.07) is 12.2. The molecule has 26 heavy (non-hydrogen) atoms. The fourth-order valence-corrected chi connectivity index (χ4v) is 4.33. The van der Waals surface area contributed by atoms with Gasteiger partial charge in [-0.2, -0.15) is 0 Å². The number of aryl methyl sites for hydroxylation is 1. The van der Waals surface area contributed by atoms with Crippen LogP contribution in [0.25, 0.3) is 0 Å². The molecule has 0 saturated carbocycles. The highest BCUT2D eigenvalue weighted by Crippen LogP contribution is 2.32. The fraction of sp³-hybridized carbons (Fsp3) is 0.105. The van der Waals surface area contributed by atoms with E-state index in [1.807, 2.05) is 36.6 Å². The molecule has 0 saturated heterocycles. The molecular weight excluding hydrogens is 485 g/mol. The Morgan fingerprint density at radius 2 is 1.81 bits per heavy atom. The van der Waals surface area contributed by atoms with Gasteiger partial charge in [-0.25, -0.2) is 4.39 Å². The maximum atomic E-state index is 13.3. The molecule has 0 aliphatic heterocycles. The minimum atomic E-state index is -0.395. The zero-order valence-electron chi connectivity index (χ0n) is 13.7. The highest BCUT2D eigenvalue weighted by molar-refractivity contribution is 9.11. The summed E-state index contributed by atoms with van der Waals surface area (Å²) in [5, 5.41) is 4.67. The van der Waals surface area contributed by atoms with Gasteiger partial charge in [0.25, 0.3) is 5.91 Å². The van der Waals surface area contributed by atoms with E-state index in [0.29, 0.717) is 26.1 Å². The summed E-state index contributed by atoms with van der Waals surface area (Å²) in [5.74, 6) is 0.130. The SMILES string of the molecule is Cc1ccc(OCc2csc(C(=O)Nc3c(Br)cc(F)cc3Br)c2)cc1. The van der Waals surface area contributed by atoms with E-state index in [0.717, 1.165) is 11.3 Å². The third-order valence-electron chi connectivity index (χ3n) is 3.55. The van der Waals surface area contributed by atoms with Crippen LogP contribution < -0.4 is 10.1 Å². The van der Waals surface area contributed by atoms with E-state index in [2.05, 4.69) is 37.2 Å². The molecule has 0 radical (unpaired) electrons. The van der Waals surface area contributed by atoms with Gasteiger partial charge < -0.3 is 10.1 Å². The van der Waals surface area contributed by atoms with Crippen molar-refractivity contribution in [2.75, 3.05) is 5.32 Å². The average Bonchev–Trinajstić information content (AvgIpc) is 3.06. The quantitative estimate of drug-likeness (QED) is 0.433. The van der Waals surface area contributed by atoms with Crippen molar-refractivity contribution >= 4 is 54.8 Å². The zero-order chi connectivity index (χ0) is 18.7. The van der Waals surface area contributed by atoms with Crippen LogP contribution in [-0.4, -0.2) is 5.91 Å². The Hall–Kier alpha value is -1.70. The second kappa shape index (κ2) is 8.33. The van der Waals surface area contributed by atoms with Crippen molar-refractivity contribution in [2.45, 2.75) is 13.5 Å². The number of nitrogens with one attached hydrogen (secondary N) is 1. The van der Waals surface area contributed by atoms with E-state index in [1.54, 1.807) is 6.07 Å². The van der Waals surface area contributed by atoms with Crippen LogP contribution in [0.4, 0.5) is 10.1 Å². The van der Waals surface area contributed by atoms with Gasteiger partial charge in [-0.1, -0.05) is 17.7 Å². The largest absolute Gasteiger partial charge is 0.489 e. The molecule has 7 heteroatoms. The molecule has 0 spiro atoms. The Balaban J connectivity index is 1.65. The van der Waals surface area contributed by atoms with Crippen LogP contribution in [0.5, 0.6) is 5.75 Å². The lowest BCUT2D eigenvalue weighted by Gasteiger charge is -2.09. The number of amides is 1. The van der Waals surface area contributed by atoms with Gasteiger partial charge in [0, 0.05) is 14.5 Å². The normalized spacial score (nSPS) is 10.6. The Labute approximate surface area is 171 Å². The van der Waals surface area contributed by atoms with Crippen LogP contribution in [0, 0.1) is 12.7 Å². The first-order chi connectivity index (χ1) is 12.4. The molecule has 1 aromatic heterocycles. The number of halogens is 3. The summed E-state index contributed by atoms with van der Waals surface area (Å²) in [7, 11) is 0. The number of ether oxygens (including phenoxy) is 1. The van der Waals surface area contributed by atoms with E-state index in [4.69, 9.17) is 4.74 Å². The summed E-state index contributed by atoms with van der Waals surface area (Å²) in [4.78, 5) is 13.0. The van der Waals surface area contributed by atoms with Crippen molar-refractivity contribution in [1.29, 1.82) is 0 Å². The highest BCUT2D eigenvalue weighted by atomic mass is 79.9. The molecule has 134 valence electrons. The van der Waals surface area contributed by atoms with Crippen LogP contribution in [0.3, 0.4) is 0 Å². The molecule has 0 fully saturated rings. The van der Waals surface area contributed by atoms with Gasteiger partial charge in [-0.05, 0) is 74.5 Å². The fourth-order valence-electron chi connectivity index (χ4n) is 2.21. The van der Waals surface area contributed by atoms with Crippen LogP contribution in [0.1, 0.15) is 20.8 Å². The third kappa shape index (κ3) is 4.72. The number of benzene rings is 2. The predicted octanol–water partition coefficient (Wildman–Crippen LogP) is 6.55. The molecule has 1 heterocycles. The number of anilines is 1. The van der Waals surface area contributed by atoms with Gasteiger partial charge in [0.2, 0.25) is 0 Å². The van der Waals surface area contributed by atoms with Crippen molar-refractivity contribution in [2.24, 2.45) is 0 Å². The Kier molecular flexibility index (Phi) is 6.11. The van der Waals surface area contributed by atoms with Gasteiger partial charge in [0.1, 0.15) is 18.2 Å². The molecule has 3 nitrogen and oxygen atoms in total. The molecule has 2 aromatic carbocycles. The van der Waals surface area contributed by atoms with Gasteiger partial charge in [-0.15, -0.1) is 11.3 Å². The van der Waals surface area contributed by atoms with Crippen molar-refractivity contribution in [3.8, 4) is 5.75 Å². The zero-order valence-corrected chi connectivity index (χ0v) is 17.7. The highest BCUT2D eigenvalue weighted by Gasteiger charge is 2.14. The lowest BCUT2D eigenvalue weighted by atomic mass is 10.2. The number of rotatable bonds is 5. The molecule has 0 bridgehead atoms. The van der Waals surface area contributed by atoms with Crippen molar-refractivity contribution in [3.05, 3.63) is 78.6 Å². The molecular formula is C19H14Br2FNO2S. The van der Waals surface area contributed by atoms with E-state index >= 15 is 0 Å². The lowest BCUT2D eigenvalue weighted by Crippen LogP contribution is -2.11. The number of carbonyl (C=O) groups is 1. The molecule has 3 aromatic rings. The van der Waals surface area contributed by atoms with Crippen LogP contribution in [0.15, 0.2) is 56.8 Å². The van der Waals surface area contributed by atoms with E-state index in [9.17, 15) is 9.18 Å². The van der Waals surface area contributed by atoms with Crippen molar-refractivity contribution < 1.29 is 13.9 Å². The van der Waals surface area contributed by atoms with Crippen LogP contribution in [-0.2, 0) is 6.61 Å². The van der Waals surface area contributed by atoms with E-state index in [-0.39, 0.29) is 5.91 Å². The first kappa shape index (κ1) is 19.1. The lowest BCUT2D eigenvalue weighted by molar-refractivity contribution is 0.103. The Morgan fingerprint density at radius 1 is 1.15 bits per heavy atom. The number of carbonyl (C=O) groups excluding carboxylic acids is 1. The molecule has 3 rings (SSSR count). The molecule has 1 N–H and O–H groups in total. The summed E-state index contributed by atoms with van der Waals surface area (Å²) in [6.07, 6.45) is 0. The van der Waals surface area contributed by atoms with Crippen LogP contribution >= 0.6 is 43.2 Å². The summed E-state index contributed by atoms with van der Waals surface area (Å²) in [5.41, 5.74) is 2.57. The standard InChI is InChI=1S/C19H14Br2FNO2S/c1-11-2-4-14(5-3-11)25-9-12-6-17(26-10-12)19(24)23-18-15(20)7-13(22)8-16(18)21/h2-8,10H,9H2,1H3,(H,23,24). The average molecular weight is 499 g/mol. The van der Waals surface area contributed by atoms with Gasteiger partial charge in [0.05, 0.1) is 10.6 Å². The summed E-state index contributed by atoms with van der Waals surface area (Å²) >= 11 is 7.85. The minimum absolute atomic E-state index is 0.260. The second-order valence-electron chi connectivity index (χ2n) is 5.62. The maximum Gasteiger partial charge on any atom is 0.265 e. The first-order valence-corrected chi connectivity index (χ1v) is 10.1. The molecule has 0 atom stereocenters. The monoisotopic (exact) mass is 497 g/mol. The van der Waals surface area contributed by atoms with Crippen molar-refractivity contribution in [3.63, 3.8) is 0 Å². The minimum Gasteiger partial charge on any atom is -0.489 e. The van der Waals surface area contributed by atoms with Crippen molar-refractivity contribution in [1.82, 2.24) is 0 Å². The van der Waals surface area contributed by atoms with E-state index in [1.165, 1.54) is 29.0 Å². The van der Waals surface area contributed by atoms with Gasteiger partial charge >= 0.3 is 0 Å². The smallest absolute Gasteiger partial charge is 0.265 e. The number of thiophene rings is 1. The molecule has 1 amide bonds. The van der Waals surface area contributed by atoms with E-state index < -0.39 is 5.82 Å². The summed E-state index contributed by atoms with van der Waals surface area (Å²) in [6.45, 7) is 2.40. The summed E-state index contributed by atoms with van der Waals surface area (Å²) < 4.78 is 20.0. The molecule has 0 aliphatic carbocycles. The third-order valence-corrected chi connectivity index (χ3v) is 5.78. The Bertz CT molecular complexity index is 918.